The van der Waals surface area contributed by atoms with Crippen LogP contribution in [0, 0.1) is 0 Å². The van der Waals surface area contributed by atoms with E-state index in [2.05, 4.69) is 16.6 Å². The van der Waals surface area contributed by atoms with Gasteiger partial charge < -0.3 is 5.11 Å². The number of halogens is 1. The predicted octanol–water partition coefficient (Wildman–Crippen LogP) is 8.24. The molecule has 0 spiro atoms. The van der Waals surface area contributed by atoms with Gasteiger partial charge in [0.25, 0.3) is 0 Å². The third-order valence-electron chi connectivity index (χ3n) is 6.90. The van der Waals surface area contributed by atoms with Crippen LogP contribution in [-0.4, -0.2) is 30.8 Å². The molecule has 0 unspecified atom stereocenters. The smallest absolute Gasteiger partial charge is 0.240 e. The number of nitrogens with zero attached hydrogens (tertiary/aromatic N) is 1. The van der Waals surface area contributed by atoms with Crippen LogP contribution in [0.2, 0.25) is 5.02 Å². The Hall–Kier alpha value is -2.52. The molecule has 0 bridgehead atoms. The highest BCUT2D eigenvalue weighted by Gasteiger charge is 2.22. The fraction of sp³-hybridized carbons (Fsp3) is 0.400. The van der Waals surface area contributed by atoms with Crippen LogP contribution < -0.4 is 4.72 Å². The number of sulfonamides is 1. The van der Waals surface area contributed by atoms with Gasteiger partial charge in [0.05, 0.1) is 20.7 Å². The third-order valence-corrected chi connectivity index (χ3v) is 9.69. The number of hydrogen-bond donors (Lipinski definition) is 2. The van der Waals surface area contributed by atoms with Crippen LogP contribution in [0.25, 0.3) is 21.0 Å². The number of benzene rings is 3. The summed E-state index contributed by atoms with van der Waals surface area (Å²) < 4.78 is 29.0. The zero-order valence-electron chi connectivity index (χ0n) is 22.2. The molecule has 0 fully saturated rings. The Morgan fingerprint density at radius 2 is 1.56 bits per heavy atom. The van der Waals surface area contributed by atoms with Gasteiger partial charge in [0, 0.05) is 22.3 Å². The molecule has 0 aliphatic carbocycles. The first kappa shape index (κ1) is 29.5. The second-order valence-corrected chi connectivity index (χ2v) is 13.1. The SMILES string of the molecule is CCCCCCCCCCCCNS(=O)(=O)c1ccc2nc(C(=O)c3cc(Cl)c4ccccc4c3O)sc2c1. The molecule has 6 nitrogen and oxygen atoms in total. The number of nitrogens with one attached hydrogen (secondary N) is 1. The van der Waals surface area contributed by atoms with E-state index in [0.29, 0.717) is 32.6 Å². The van der Waals surface area contributed by atoms with Crippen molar-refractivity contribution in [2.75, 3.05) is 6.54 Å². The topological polar surface area (TPSA) is 96.4 Å². The minimum Gasteiger partial charge on any atom is -0.507 e. The normalized spacial score (nSPS) is 11.9. The lowest BCUT2D eigenvalue weighted by Gasteiger charge is -2.08. The summed E-state index contributed by atoms with van der Waals surface area (Å²) in [5.41, 5.74) is 0.576. The number of carbonyl (C=O) groups excluding carboxylic acids is 1. The van der Waals surface area contributed by atoms with Gasteiger partial charge in [0.1, 0.15) is 5.75 Å². The molecule has 0 aliphatic rings. The highest BCUT2D eigenvalue weighted by molar-refractivity contribution is 7.89. The van der Waals surface area contributed by atoms with Gasteiger partial charge in [0.2, 0.25) is 15.8 Å². The monoisotopic (exact) mass is 586 g/mol. The standard InChI is InChI=1S/C30H35ClN2O4S2/c1-2-3-4-5-6-7-8-9-10-13-18-32-39(36,37)21-16-17-26-27(19-21)38-30(33-26)29(35)24-20-25(31)22-14-11-12-15-23(22)28(24)34/h11-12,14-17,19-20,32,34H,2-10,13,18H2,1H3. The Labute approximate surface area is 239 Å². The quantitative estimate of drug-likeness (QED) is 0.108. The number of unbranched alkanes of at least 4 members (excludes halogenated alkanes) is 9. The first-order chi connectivity index (χ1) is 18.8. The van der Waals surface area contributed by atoms with E-state index >= 15 is 0 Å². The van der Waals surface area contributed by atoms with Gasteiger partial charge in [-0.25, -0.2) is 18.1 Å². The zero-order chi connectivity index (χ0) is 27.8. The summed E-state index contributed by atoms with van der Waals surface area (Å²) in [5.74, 6) is -0.622. The fourth-order valence-corrected chi connectivity index (χ4v) is 7.08. The second-order valence-electron chi connectivity index (χ2n) is 9.86. The number of thiazole rings is 1. The molecule has 39 heavy (non-hydrogen) atoms. The van der Waals surface area contributed by atoms with Crippen LogP contribution >= 0.6 is 22.9 Å². The summed E-state index contributed by atoms with van der Waals surface area (Å²) >= 11 is 7.46. The van der Waals surface area contributed by atoms with Gasteiger partial charge in [-0.15, -0.1) is 11.3 Å². The first-order valence-corrected chi connectivity index (χ1v) is 16.3. The molecule has 4 aromatic rings. The molecule has 9 heteroatoms. The van der Waals surface area contributed by atoms with E-state index in [1.54, 1.807) is 30.3 Å². The van der Waals surface area contributed by atoms with Gasteiger partial charge in [-0.2, -0.15) is 0 Å². The molecule has 0 amide bonds. The molecule has 0 radical (unpaired) electrons. The van der Waals surface area contributed by atoms with Gasteiger partial charge in [-0.3, -0.25) is 4.79 Å². The molecular weight excluding hydrogens is 552 g/mol. The summed E-state index contributed by atoms with van der Waals surface area (Å²) in [6.07, 6.45) is 11.9. The number of carbonyl (C=O) groups is 1. The van der Waals surface area contributed by atoms with Crippen molar-refractivity contribution in [1.82, 2.24) is 9.71 Å². The van der Waals surface area contributed by atoms with Gasteiger partial charge in [-0.1, -0.05) is 101 Å². The molecule has 0 atom stereocenters. The molecular formula is C30H35ClN2O4S2. The van der Waals surface area contributed by atoms with Crippen molar-refractivity contribution in [2.45, 2.75) is 76.0 Å². The number of fused-ring (bicyclic) bond motifs is 2. The van der Waals surface area contributed by atoms with Crippen LogP contribution in [0.1, 0.15) is 86.5 Å². The molecule has 208 valence electrons. The Bertz CT molecular complexity index is 1550. The Kier molecular flexibility index (Phi) is 10.4. The van der Waals surface area contributed by atoms with Crippen LogP contribution in [-0.2, 0) is 10.0 Å². The first-order valence-electron chi connectivity index (χ1n) is 13.7. The summed E-state index contributed by atoms with van der Waals surface area (Å²) in [4.78, 5) is 17.8. The van der Waals surface area contributed by atoms with Crippen molar-refractivity contribution in [3.05, 3.63) is 64.1 Å². The van der Waals surface area contributed by atoms with Crippen molar-refractivity contribution in [3.8, 4) is 5.75 Å². The average molecular weight is 587 g/mol. The summed E-state index contributed by atoms with van der Waals surface area (Å²) in [5, 5.41) is 12.4. The number of aromatic hydroxyl groups is 1. The Balaban J connectivity index is 1.36. The number of ketones is 1. The van der Waals surface area contributed by atoms with E-state index in [4.69, 9.17) is 11.6 Å². The molecule has 0 aliphatic heterocycles. The summed E-state index contributed by atoms with van der Waals surface area (Å²) in [6.45, 7) is 2.62. The van der Waals surface area contributed by atoms with Crippen LogP contribution in [0.5, 0.6) is 5.75 Å². The van der Waals surface area contributed by atoms with Gasteiger partial charge in [0.15, 0.2) is 5.01 Å². The van der Waals surface area contributed by atoms with Crippen molar-refractivity contribution >= 4 is 59.7 Å². The molecule has 4 rings (SSSR count). The molecule has 2 N–H and O–H groups in total. The van der Waals surface area contributed by atoms with Crippen LogP contribution in [0.15, 0.2) is 53.4 Å². The van der Waals surface area contributed by atoms with E-state index < -0.39 is 15.8 Å². The molecule has 1 aromatic heterocycles. The van der Waals surface area contributed by atoms with Crippen molar-refractivity contribution in [2.24, 2.45) is 0 Å². The van der Waals surface area contributed by atoms with E-state index in [-0.39, 0.29) is 21.2 Å². The van der Waals surface area contributed by atoms with Crippen LogP contribution in [0.4, 0.5) is 0 Å². The fourth-order valence-electron chi connectivity index (χ4n) is 4.68. The lowest BCUT2D eigenvalue weighted by Crippen LogP contribution is -2.24. The Morgan fingerprint density at radius 3 is 2.26 bits per heavy atom. The molecule has 0 saturated heterocycles. The predicted molar refractivity (Wildman–Crippen MR) is 161 cm³/mol. The van der Waals surface area contributed by atoms with Crippen molar-refractivity contribution < 1.29 is 18.3 Å². The Morgan fingerprint density at radius 1 is 0.923 bits per heavy atom. The lowest BCUT2D eigenvalue weighted by atomic mass is 10.0. The van der Waals surface area contributed by atoms with E-state index in [1.807, 2.05) is 0 Å². The van der Waals surface area contributed by atoms with Gasteiger partial charge in [-0.05, 0) is 30.7 Å². The molecule has 1 heterocycles. The molecule has 3 aromatic carbocycles. The highest BCUT2D eigenvalue weighted by Crippen LogP contribution is 2.36. The maximum atomic E-state index is 13.2. The lowest BCUT2D eigenvalue weighted by molar-refractivity contribution is 0.103. The number of phenols is 1. The van der Waals surface area contributed by atoms with Gasteiger partial charge >= 0.3 is 0 Å². The second kappa shape index (κ2) is 13.7. The van der Waals surface area contributed by atoms with E-state index in [9.17, 15) is 18.3 Å². The van der Waals surface area contributed by atoms with Crippen LogP contribution in [0.3, 0.4) is 0 Å². The minimum atomic E-state index is -3.68. The average Bonchev–Trinajstić information content (AvgIpc) is 3.37. The third kappa shape index (κ3) is 7.37. The van der Waals surface area contributed by atoms with E-state index in [0.717, 1.165) is 30.6 Å². The molecule has 0 saturated carbocycles. The van der Waals surface area contributed by atoms with Crippen molar-refractivity contribution in [1.29, 1.82) is 0 Å². The summed E-state index contributed by atoms with van der Waals surface area (Å²) in [6, 6.07) is 13.1. The number of rotatable bonds is 15. The highest BCUT2D eigenvalue weighted by atomic mass is 35.5. The maximum absolute atomic E-state index is 13.2. The summed E-state index contributed by atoms with van der Waals surface area (Å²) in [7, 11) is -3.68. The number of phenolic OH excluding ortho intramolecular Hbond substituents is 1. The minimum absolute atomic E-state index is 0.0590. The van der Waals surface area contributed by atoms with E-state index in [1.165, 1.54) is 63.1 Å². The number of aromatic nitrogens is 1. The number of hydrogen-bond acceptors (Lipinski definition) is 6. The zero-order valence-corrected chi connectivity index (χ0v) is 24.6. The maximum Gasteiger partial charge on any atom is 0.240 e. The largest absolute Gasteiger partial charge is 0.507 e. The van der Waals surface area contributed by atoms with Crippen molar-refractivity contribution in [3.63, 3.8) is 0 Å².